The molecule has 0 aromatic rings. The second-order valence-electron chi connectivity index (χ2n) is 5.39. The van der Waals surface area contributed by atoms with Gasteiger partial charge in [0.2, 0.25) is 0 Å². The summed E-state index contributed by atoms with van der Waals surface area (Å²) in [5.74, 6) is -0.758. The van der Waals surface area contributed by atoms with Crippen molar-refractivity contribution in [3.05, 3.63) is 0 Å². The minimum atomic E-state index is -3.47. The average Bonchev–Trinajstić information content (AvgIpc) is 2.66. The van der Waals surface area contributed by atoms with E-state index in [1.165, 1.54) is 0 Å². The highest BCUT2D eigenvalue weighted by Gasteiger charge is 2.54. The van der Waals surface area contributed by atoms with Crippen molar-refractivity contribution < 1.29 is 26.8 Å². The molecule has 6 nitrogen and oxygen atoms in total. The van der Waals surface area contributed by atoms with Gasteiger partial charge < -0.3 is 14.2 Å². The molecule has 2 heterocycles. The topological polar surface area (TPSA) is 71.1 Å². The number of hydrogen-bond donors (Lipinski definition) is 0. The molecule has 0 aliphatic carbocycles. The van der Waals surface area contributed by atoms with Gasteiger partial charge in [0.05, 0.1) is 24.6 Å². The molecular formula is C12H22O6S. The van der Waals surface area contributed by atoms with E-state index in [1.54, 1.807) is 14.0 Å². The summed E-state index contributed by atoms with van der Waals surface area (Å²) in [6, 6.07) is 0. The zero-order chi connectivity index (χ0) is 14.3. The SMILES string of the molecule is COC12CCC(O1)C(C)OC2CC(C)OS(C)(=O)=O. The van der Waals surface area contributed by atoms with Crippen molar-refractivity contribution in [2.24, 2.45) is 0 Å². The van der Waals surface area contributed by atoms with E-state index in [0.717, 1.165) is 19.1 Å². The third-order valence-electron chi connectivity index (χ3n) is 3.75. The van der Waals surface area contributed by atoms with Crippen molar-refractivity contribution in [3.8, 4) is 0 Å². The highest BCUT2D eigenvalue weighted by atomic mass is 32.2. The van der Waals surface area contributed by atoms with Gasteiger partial charge in [-0.15, -0.1) is 0 Å². The van der Waals surface area contributed by atoms with Crippen LogP contribution in [0.4, 0.5) is 0 Å². The summed E-state index contributed by atoms with van der Waals surface area (Å²) in [6.45, 7) is 3.67. The lowest BCUT2D eigenvalue weighted by Gasteiger charge is -2.42. The first kappa shape index (κ1) is 15.2. The molecule has 2 bridgehead atoms. The predicted octanol–water partition coefficient (Wildman–Crippen LogP) is 1.05. The van der Waals surface area contributed by atoms with Crippen molar-refractivity contribution in [1.82, 2.24) is 0 Å². The van der Waals surface area contributed by atoms with Gasteiger partial charge in [0.25, 0.3) is 10.1 Å². The van der Waals surface area contributed by atoms with Crippen LogP contribution in [0.5, 0.6) is 0 Å². The highest BCUT2D eigenvalue weighted by Crippen LogP contribution is 2.43. The smallest absolute Gasteiger partial charge is 0.264 e. The Balaban J connectivity index is 2.05. The lowest BCUT2D eigenvalue weighted by atomic mass is 10.0. The maximum Gasteiger partial charge on any atom is 0.264 e. The third kappa shape index (κ3) is 3.28. The van der Waals surface area contributed by atoms with Crippen LogP contribution >= 0.6 is 0 Å². The van der Waals surface area contributed by atoms with E-state index < -0.39 is 22.0 Å². The summed E-state index contributed by atoms with van der Waals surface area (Å²) in [6.07, 6.45) is 2.37. The van der Waals surface area contributed by atoms with E-state index in [9.17, 15) is 8.42 Å². The van der Waals surface area contributed by atoms with Crippen LogP contribution in [0.15, 0.2) is 0 Å². The number of rotatable bonds is 5. The summed E-state index contributed by atoms with van der Waals surface area (Å²) < 4.78 is 44.6. The van der Waals surface area contributed by atoms with E-state index in [4.69, 9.17) is 18.4 Å². The van der Waals surface area contributed by atoms with Gasteiger partial charge in [0.1, 0.15) is 6.10 Å². The molecule has 112 valence electrons. The van der Waals surface area contributed by atoms with E-state index in [0.29, 0.717) is 6.42 Å². The fraction of sp³-hybridized carbons (Fsp3) is 1.00. The quantitative estimate of drug-likeness (QED) is 0.706. The van der Waals surface area contributed by atoms with Crippen molar-refractivity contribution in [1.29, 1.82) is 0 Å². The van der Waals surface area contributed by atoms with Gasteiger partial charge in [-0.3, -0.25) is 4.18 Å². The largest absolute Gasteiger partial charge is 0.367 e. The number of ether oxygens (including phenoxy) is 3. The summed E-state index contributed by atoms with van der Waals surface area (Å²) in [5, 5.41) is 0. The van der Waals surface area contributed by atoms with Crippen LogP contribution in [-0.4, -0.2) is 52.0 Å². The molecule has 2 saturated heterocycles. The van der Waals surface area contributed by atoms with E-state index in [1.807, 2.05) is 6.92 Å². The lowest BCUT2D eigenvalue weighted by Crippen LogP contribution is -2.54. The Labute approximate surface area is 114 Å². The molecule has 5 atom stereocenters. The van der Waals surface area contributed by atoms with Gasteiger partial charge in [0.15, 0.2) is 5.79 Å². The summed E-state index contributed by atoms with van der Waals surface area (Å²) >= 11 is 0. The Bertz CT molecular complexity index is 422. The molecule has 5 unspecified atom stereocenters. The number of fused-ring (bicyclic) bond motifs is 2. The van der Waals surface area contributed by atoms with Crippen LogP contribution in [0.2, 0.25) is 0 Å². The molecule has 2 aliphatic heterocycles. The van der Waals surface area contributed by atoms with Gasteiger partial charge in [-0.05, 0) is 20.3 Å². The Kier molecular flexibility index (Phi) is 4.23. The third-order valence-corrected chi connectivity index (χ3v) is 4.43. The molecule has 7 heteroatoms. The van der Waals surface area contributed by atoms with Crippen LogP contribution in [0.1, 0.15) is 33.1 Å². The van der Waals surface area contributed by atoms with Gasteiger partial charge >= 0.3 is 0 Å². The van der Waals surface area contributed by atoms with Crippen LogP contribution in [-0.2, 0) is 28.5 Å². The fourth-order valence-electron chi connectivity index (χ4n) is 2.89. The van der Waals surface area contributed by atoms with Crippen molar-refractivity contribution >= 4 is 10.1 Å². The van der Waals surface area contributed by atoms with E-state index >= 15 is 0 Å². The van der Waals surface area contributed by atoms with Crippen LogP contribution in [0.3, 0.4) is 0 Å². The Hall–Kier alpha value is -0.210. The normalized spacial score (nSPS) is 40.3. The van der Waals surface area contributed by atoms with E-state index in [-0.39, 0.29) is 18.3 Å². The Morgan fingerprint density at radius 2 is 2.16 bits per heavy atom. The Morgan fingerprint density at radius 1 is 1.47 bits per heavy atom. The van der Waals surface area contributed by atoms with Crippen LogP contribution in [0.25, 0.3) is 0 Å². The van der Waals surface area contributed by atoms with Crippen LogP contribution < -0.4 is 0 Å². The lowest BCUT2D eigenvalue weighted by molar-refractivity contribution is -0.329. The molecule has 2 rings (SSSR count). The standard InChI is InChI=1S/C12H22O6S/c1-8(18-19(4,13)14)7-11-12(15-3)6-5-10(17-12)9(2)16-11/h8-11H,5-7H2,1-4H3. The monoisotopic (exact) mass is 294 g/mol. The molecule has 0 amide bonds. The summed E-state index contributed by atoms with van der Waals surface area (Å²) in [7, 11) is -1.87. The molecule has 2 fully saturated rings. The molecule has 0 radical (unpaired) electrons. The van der Waals surface area contributed by atoms with Crippen molar-refractivity contribution in [2.75, 3.05) is 13.4 Å². The highest BCUT2D eigenvalue weighted by molar-refractivity contribution is 7.86. The van der Waals surface area contributed by atoms with Crippen molar-refractivity contribution in [3.63, 3.8) is 0 Å². The molecule has 0 N–H and O–H groups in total. The first-order valence-corrected chi connectivity index (χ1v) is 8.34. The number of hydrogen-bond acceptors (Lipinski definition) is 6. The second kappa shape index (κ2) is 5.29. The average molecular weight is 294 g/mol. The first-order chi connectivity index (χ1) is 8.76. The maximum atomic E-state index is 11.1. The second-order valence-corrected chi connectivity index (χ2v) is 6.99. The van der Waals surface area contributed by atoms with Gasteiger partial charge in [0, 0.05) is 20.0 Å². The number of methoxy groups -OCH3 is 1. The van der Waals surface area contributed by atoms with Gasteiger partial charge in [-0.1, -0.05) is 0 Å². The summed E-state index contributed by atoms with van der Waals surface area (Å²) in [4.78, 5) is 0. The molecule has 19 heavy (non-hydrogen) atoms. The fourth-order valence-corrected chi connectivity index (χ4v) is 3.57. The Morgan fingerprint density at radius 3 is 2.74 bits per heavy atom. The van der Waals surface area contributed by atoms with E-state index in [2.05, 4.69) is 0 Å². The molecule has 0 spiro atoms. The molecule has 2 aliphatic rings. The summed E-state index contributed by atoms with van der Waals surface area (Å²) in [5.41, 5.74) is 0. The van der Waals surface area contributed by atoms with Gasteiger partial charge in [-0.25, -0.2) is 0 Å². The minimum Gasteiger partial charge on any atom is -0.367 e. The maximum absolute atomic E-state index is 11.1. The predicted molar refractivity (Wildman–Crippen MR) is 68.2 cm³/mol. The first-order valence-electron chi connectivity index (χ1n) is 6.52. The van der Waals surface area contributed by atoms with Crippen molar-refractivity contribution in [2.45, 2.75) is 63.3 Å². The zero-order valence-electron chi connectivity index (χ0n) is 11.8. The molecule has 0 aromatic carbocycles. The van der Waals surface area contributed by atoms with Gasteiger partial charge in [-0.2, -0.15) is 8.42 Å². The molecular weight excluding hydrogens is 272 g/mol. The molecule has 0 saturated carbocycles. The zero-order valence-corrected chi connectivity index (χ0v) is 12.6. The minimum absolute atomic E-state index is 0.0128. The van der Waals surface area contributed by atoms with Crippen LogP contribution in [0, 0.1) is 0 Å². The molecule has 0 aromatic heterocycles.